The second kappa shape index (κ2) is 6.78. The van der Waals surface area contributed by atoms with Gasteiger partial charge in [-0.3, -0.25) is 4.79 Å². The lowest BCUT2D eigenvalue weighted by molar-refractivity contribution is 0.0949. The van der Waals surface area contributed by atoms with Gasteiger partial charge in [-0.25, -0.2) is 9.50 Å². The van der Waals surface area contributed by atoms with Crippen molar-refractivity contribution < 1.29 is 4.79 Å². The third-order valence-corrected chi connectivity index (χ3v) is 4.98. The number of aryl methyl sites for hydroxylation is 2. The van der Waals surface area contributed by atoms with E-state index in [1.807, 2.05) is 26.0 Å². The van der Waals surface area contributed by atoms with Crippen LogP contribution in [0.15, 0.2) is 42.6 Å². The number of amides is 1. The number of para-hydroxylation sites is 1. The zero-order valence-electron chi connectivity index (χ0n) is 15.1. The van der Waals surface area contributed by atoms with Gasteiger partial charge < -0.3 is 10.2 Å². The minimum absolute atomic E-state index is 0.101. The highest BCUT2D eigenvalue weighted by Gasteiger charge is 2.24. The average Bonchev–Trinajstić information content (AvgIpc) is 3.27. The number of aromatic nitrogens is 3. The summed E-state index contributed by atoms with van der Waals surface area (Å²) in [5, 5.41) is 7.37. The van der Waals surface area contributed by atoms with Crippen LogP contribution in [-0.2, 0) is 0 Å². The topological polar surface area (TPSA) is 62.5 Å². The molecule has 1 aromatic carbocycles. The summed E-state index contributed by atoms with van der Waals surface area (Å²) in [6.45, 7) is 6.56. The first kappa shape index (κ1) is 16.6. The molecule has 1 aliphatic heterocycles. The second-order valence-electron chi connectivity index (χ2n) is 6.98. The van der Waals surface area contributed by atoms with Gasteiger partial charge in [0.05, 0.1) is 6.20 Å². The van der Waals surface area contributed by atoms with E-state index in [9.17, 15) is 4.79 Å². The maximum Gasteiger partial charge on any atom is 0.256 e. The van der Waals surface area contributed by atoms with Crippen molar-refractivity contribution in [3.63, 3.8) is 0 Å². The van der Waals surface area contributed by atoms with Crippen molar-refractivity contribution in [2.45, 2.75) is 20.3 Å². The van der Waals surface area contributed by atoms with E-state index in [4.69, 9.17) is 0 Å². The highest BCUT2D eigenvalue weighted by molar-refractivity contribution is 5.99. The zero-order chi connectivity index (χ0) is 18.1. The summed E-state index contributed by atoms with van der Waals surface area (Å²) in [5.74, 6) is 0.355. The van der Waals surface area contributed by atoms with Crippen LogP contribution in [0.5, 0.6) is 0 Å². The lowest BCUT2D eigenvalue weighted by Gasteiger charge is -2.18. The van der Waals surface area contributed by atoms with E-state index in [1.54, 1.807) is 10.7 Å². The van der Waals surface area contributed by atoms with Crippen molar-refractivity contribution in [1.82, 2.24) is 19.9 Å². The van der Waals surface area contributed by atoms with E-state index in [2.05, 4.69) is 44.6 Å². The van der Waals surface area contributed by atoms with Gasteiger partial charge >= 0.3 is 0 Å². The Balaban J connectivity index is 1.41. The van der Waals surface area contributed by atoms with E-state index in [1.165, 1.54) is 5.69 Å². The molecular formula is C20H23N5O. The maximum absolute atomic E-state index is 12.6. The molecule has 3 aromatic rings. The standard InChI is InChI=1S/C20H23N5O/c1-14-10-15(2)25-19(23-14)18(12-22-25)20(26)21-11-16-8-9-24(13-16)17-6-4-3-5-7-17/h3-7,10,12,16H,8-9,11,13H2,1-2H3,(H,21,26). The molecule has 1 atom stereocenters. The Morgan fingerprint density at radius 2 is 2.08 bits per heavy atom. The van der Waals surface area contributed by atoms with E-state index in [-0.39, 0.29) is 5.91 Å². The van der Waals surface area contributed by atoms with Crippen molar-refractivity contribution in [1.29, 1.82) is 0 Å². The Labute approximate surface area is 152 Å². The quantitative estimate of drug-likeness (QED) is 0.786. The lowest BCUT2D eigenvalue weighted by Crippen LogP contribution is -2.31. The fourth-order valence-electron chi connectivity index (χ4n) is 3.64. The molecular weight excluding hydrogens is 326 g/mol. The number of nitrogens with one attached hydrogen (secondary N) is 1. The molecule has 0 bridgehead atoms. The number of nitrogens with zero attached hydrogens (tertiary/aromatic N) is 4. The molecule has 1 fully saturated rings. The number of anilines is 1. The SMILES string of the molecule is Cc1cc(C)n2ncc(C(=O)NCC3CCN(c4ccccc4)C3)c2n1. The van der Waals surface area contributed by atoms with Gasteiger partial charge in [-0.1, -0.05) is 18.2 Å². The fourth-order valence-corrected chi connectivity index (χ4v) is 3.64. The predicted octanol–water partition coefficient (Wildman–Crippen LogP) is 2.60. The zero-order valence-corrected chi connectivity index (χ0v) is 15.1. The first-order chi connectivity index (χ1) is 12.6. The normalized spacial score (nSPS) is 17.0. The van der Waals surface area contributed by atoms with E-state index in [0.29, 0.717) is 23.7 Å². The molecule has 3 heterocycles. The molecule has 1 amide bonds. The molecule has 0 saturated carbocycles. The third-order valence-electron chi connectivity index (χ3n) is 4.98. The minimum Gasteiger partial charge on any atom is -0.371 e. The van der Waals surface area contributed by atoms with Gasteiger partial charge in [-0.15, -0.1) is 0 Å². The van der Waals surface area contributed by atoms with Crippen LogP contribution in [-0.4, -0.2) is 40.1 Å². The van der Waals surface area contributed by atoms with E-state index in [0.717, 1.165) is 30.9 Å². The van der Waals surface area contributed by atoms with Gasteiger partial charge in [-0.2, -0.15) is 5.10 Å². The summed E-state index contributed by atoms with van der Waals surface area (Å²) >= 11 is 0. The van der Waals surface area contributed by atoms with Crippen LogP contribution >= 0.6 is 0 Å². The smallest absolute Gasteiger partial charge is 0.256 e. The lowest BCUT2D eigenvalue weighted by atomic mass is 10.1. The first-order valence-electron chi connectivity index (χ1n) is 9.02. The largest absolute Gasteiger partial charge is 0.371 e. The van der Waals surface area contributed by atoms with Crippen LogP contribution in [0.2, 0.25) is 0 Å². The number of hydrogen-bond donors (Lipinski definition) is 1. The minimum atomic E-state index is -0.101. The number of rotatable bonds is 4. The molecule has 134 valence electrons. The predicted molar refractivity (Wildman–Crippen MR) is 102 cm³/mol. The molecule has 1 aliphatic rings. The van der Waals surface area contributed by atoms with Crippen LogP contribution in [0, 0.1) is 19.8 Å². The van der Waals surface area contributed by atoms with Crippen molar-refractivity contribution in [3.8, 4) is 0 Å². The Bertz CT molecular complexity index is 934. The van der Waals surface area contributed by atoms with Crippen LogP contribution in [0.4, 0.5) is 5.69 Å². The summed E-state index contributed by atoms with van der Waals surface area (Å²) in [4.78, 5) is 19.5. The summed E-state index contributed by atoms with van der Waals surface area (Å²) in [7, 11) is 0. The molecule has 0 radical (unpaired) electrons. The van der Waals surface area contributed by atoms with Crippen LogP contribution in [0.25, 0.3) is 5.65 Å². The maximum atomic E-state index is 12.6. The molecule has 0 spiro atoms. The summed E-state index contributed by atoms with van der Waals surface area (Å²) in [6.07, 6.45) is 2.69. The molecule has 1 saturated heterocycles. The molecule has 4 rings (SSSR count). The monoisotopic (exact) mass is 349 g/mol. The highest BCUT2D eigenvalue weighted by atomic mass is 16.1. The van der Waals surface area contributed by atoms with Gasteiger partial charge in [0.25, 0.3) is 5.91 Å². The molecule has 26 heavy (non-hydrogen) atoms. The average molecular weight is 349 g/mol. The van der Waals surface area contributed by atoms with Crippen LogP contribution < -0.4 is 10.2 Å². The summed E-state index contributed by atoms with van der Waals surface area (Å²) < 4.78 is 1.72. The van der Waals surface area contributed by atoms with Gasteiger partial charge in [0, 0.05) is 36.7 Å². The van der Waals surface area contributed by atoms with Gasteiger partial charge in [0.2, 0.25) is 0 Å². The molecule has 1 N–H and O–H groups in total. The van der Waals surface area contributed by atoms with Crippen molar-refractivity contribution in [2.75, 3.05) is 24.5 Å². The molecule has 6 nitrogen and oxygen atoms in total. The van der Waals surface area contributed by atoms with E-state index >= 15 is 0 Å². The number of carbonyl (C=O) groups is 1. The van der Waals surface area contributed by atoms with Crippen LogP contribution in [0.1, 0.15) is 28.2 Å². The molecule has 2 aromatic heterocycles. The summed E-state index contributed by atoms with van der Waals surface area (Å²) in [6, 6.07) is 12.4. The number of benzene rings is 1. The van der Waals surface area contributed by atoms with E-state index < -0.39 is 0 Å². The Morgan fingerprint density at radius 3 is 2.88 bits per heavy atom. The van der Waals surface area contributed by atoms with Gasteiger partial charge in [0.1, 0.15) is 5.56 Å². The number of carbonyl (C=O) groups excluding carboxylic acids is 1. The number of fused-ring (bicyclic) bond motifs is 1. The highest BCUT2D eigenvalue weighted by Crippen LogP contribution is 2.23. The molecule has 1 unspecified atom stereocenters. The Hall–Kier alpha value is -2.89. The fraction of sp³-hybridized carbons (Fsp3) is 0.350. The van der Waals surface area contributed by atoms with Gasteiger partial charge in [-0.05, 0) is 44.4 Å². The van der Waals surface area contributed by atoms with Crippen LogP contribution in [0.3, 0.4) is 0 Å². The van der Waals surface area contributed by atoms with Crippen molar-refractivity contribution >= 4 is 17.2 Å². The second-order valence-corrected chi connectivity index (χ2v) is 6.98. The first-order valence-corrected chi connectivity index (χ1v) is 9.02. The molecule has 6 heteroatoms. The Morgan fingerprint density at radius 1 is 1.27 bits per heavy atom. The van der Waals surface area contributed by atoms with Gasteiger partial charge in [0.15, 0.2) is 5.65 Å². The summed E-state index contributed by atoms with van der Waals surface area (Å²) in [5.41, 5.74) is 4.27. The third kappa shape index (κ3) is 3.14. The van der Waals surface area contributed by atoms with Crippen molar-refractivity contribution in [2.24, 2.45) is 5.92 Å². The number of hydrogen-bond acceptors (Lipinski definition) is 4. The molecule has 0 aliphatic carbocycles. The Kier molecular flexibility index (Phi) is 4.32. The van der Waals surface area contributed by atoms with Crippen molar-refractivity contribution in [3.05, 3.63) is 59.5 Å².